The molecule has 1 aromatic carbocycles. The highest BCUT2D eigenvalue weighted by Crippen LogP contribution is 2.17. The summed E-state index contributed by atoms with van der Waals surface area (Å²) in [7, 11) is -3.44. The third kappa shape index (κ3) is 4.54. The van der Waals surface area contributed by atoms with E-state index in [1.165, 1.54) is 6.07 Å². The summed E-state index contributed by atoms with van der Waals surface area (Å²) in [4.78, 5) is 0. The van der Waals surface area contributed by atoms with Gasteiger partial charge < -0.3 is 5.32 Å². The summed E-state index contributed by atoms with van der Waals surface area (Å²) in [5.41, 5.74) is 1.16. The van der Waals surface area contributed by atoms with E-state index in [1.807, 2.05) is 6.92 Å². The van der Waals surface area contributed by atoms with Gasteiger partial charge in [0.05, 0.1) is 5.25 Å². The van der Waals surface area contributed by atoms with Gasteiger partial charge in [-0.05, 0) is 44.5 Å². The number of aryl methyl sites for hydroxylation is 1. The number of nitrogens with one attached hydrogen (secondary N) is 2. The van der Waals surface area contributed by atoms with Crippen LogP contribution in [0.3, 0.4) is 0 Å². The molecule has 6 heteroatoms. The molecule has 0 amide bonds. The molecule has 1 rings (SSSR count). The Morgan fingerprint density at radius 3 is 2.50 bits per heavy atom. The fraction of sp³-hybridized carbons (Fsp3) is 0.571. The molecule has 20 heavy (non-hydrogen) atoms. The van der Waals surface area contributed by atoms with Crippen molar-refractivity contribution in [3.05, 3.63) is 35.1 Å². The molecule has 2 unspecified atom stereocenters. The van der Waals surface area contributed by atoms with Crippen molar-refractivity contribution in [3.8, 4) is 0 Å². The molecule has 114 valence electrons. The van der Waals surface area contributed by atoms with Crippen molar-refractivity contribution in [1.29, 1.82) is 0 Å². The molecular weight excluding hydrogens is 279 g/mol. The smallest absolute Gasteiger partial charge is 0.216 e. The SMILES string of the molecule is CCNCC(C)S(=O)(=O)NC(C)c1ccc(C)c(F)c1. The van der Waals surface area contributed by atoms with Gasteiger partial charge in [-0.15, -0.1) is 0 Å². The molecule has 0 radical (unpaired) electrons. The fourth-order valence-corrected chi connectivity index (χ4v) is 2.96. The van der Waals surface area contributed by atoms with Gasteiger partial charge in [0.2, 0.25) is 10.0 Å². The van der Waals surface area contributed by atoms with Crippen LogP contribution in [-0.2, 0) is 10.0 Å². The molecule has 0 fully saturated rings. The Bertz CT molecular complexity index is 546. The Kier molecular flexibility index (Phi) is 6.10. The Morgan fingerprint density at radius 2 is 1.95 bits per heavy atom. The summed E-state index contributed by atoms with van der Waals surface area (Å²) >= 11 is 0. The van der Waals surface area contributed by atoms with Crippen LogP contribution in [-0.4, -0.2) is 26.8 Å². The van der Waals surface area contributed by atoms with Gasteiger partial charge in [-0.3, -0.25) is 0 Å². The third-order valence-corrected chi connectivity index (χ3v) is 5.16. The van der Waals surface area contributed by atoms with Gasteiger partial charge in [-0.2, -0.15) is 0 Å². The first kappa shape index (κ1) is 17.1. The Labute approximate surface area is 120 Å². The molecule has 0 aliphatic carbocycles. The second-order valence-electron chi connectivity index (χ2n) is 5.01. The average molecular weight is 302 g/mol. The predicted molar refractivity (Wildman–Crippen MR) is 79.6 cm³/mol. The zero-order chi connectivity index (χ0) is 15.3. The minimum absolute atomic E-state index is 0.325. The molecule has 0 spiro atoms. The van der Waals surface area contributed by atoms with Crippen molar-refractivity contribution < 1.29 is 12.8 Å². The highest BCUT2D eigenvalue weighted by molar-refractivity contribution is 7.90. The average Bonchev–Trinajstić information content (AvgIpc) is 2.38. The van der Waals surface area contributed by atoms with Crippen LogP contribution in [0.15, 0.2) is 18.2 Å². The van der Waals surface area contributed by atoms with Gasteiger partial charge in [0.25, 0.3) is 0 Å². The zero-order valence-corrected chi connectivity index (χ0v) is 13.2. The minimum Gasteiger partial charge on any atom is -0.316 e. The van der Waals surface area contributed by atoms with Gasteiger partial charge in [0, 0.05) is 12.6 Å². The molecule has 0 bridgehead atoms. The maximum absolute atomic E-state index is 13.5. The number of rotatable bonds is 7. The van der Waals surface area contributed by atoms with E-state index >= 15 is 0 Å². The molecule has 1 aromatic rings. The lowest BCUT2D eigenvalue weighted by molar-refractivity contribution is 0.545. The van der Waals surface area contributed by atoms with Crippen LogP contribution >= 0.6 is 0 Å². The van der Waals surface area contributed by atoms with E-state index in [0.29, 0.717) is 17.7 Å². The van der Waals surface area contributed by atoms with Crippen LogP contribution < -0.4 is 10.0 Å². The standard InChI is InChI=1S/C14H23FN2O2S/c1-5-16-9-11(3)20(18,19)17-12(4)13-7-6-10(2)14(15)8-13/h6-8,11-12,16-17H,5,9H2,1-4H3. The molecule has 2 atom stereocenters. The van der Waals surface area contributed by atoms with Crippen molar-refractivity contribution in [2.24, 2.45) is 0 Å². The molecule has 2 N–H and O–H groups in total. The Balaban J connectivity index is 2.78. The largest absolute Gasteiger partial charge is 0.316 e. The van der Waals surface area contributed by atoms with Gasteiger partial charge in [-0.1, -0.05) is 19.1 Å². The molecular formula is C14H23FN2O2S. The Morgan fingerprint density at radius 1 is 1.30 bits per heavy atom. The monoisotopic (exact) mass is 302 g/mol. The summed E-state index contributed by atoms with van der Waals surface area (Å²) in [6.07, 6.45) is 0. The van der Waals surface area contributed by atoms with E-state index in [-0.39, 0.29) is 5.82 Å². The van der Waals surface area contributed by atoms with Crippen molar-refractivity contribution >= 4 is 10.0 Å². The van der Waals surface area contributed by atoms with E-state index < -0.39 is 21.3 Å². The molecule has 0 aromatic heterocycles. The molecule has 0 aliphatic heterocycles. The number of sulfonamides is 1. The first-order chi connectivity index (χ1) is 9.27. The maximum atomic E-state index is 13.5. The molecule has 0 saturated carbocycles. The molecule has 0 saturated heterocycles. The lowest BCUT2D eigenvalue weighted by atomic mass is 10.1. The van der Waals surface area contributed by atoms with E-state index in [0.717, 1.165) is 6.54 Å². The zero-order valence-electron chi connectivity index (χ0n) is 12.4. The first-order valence-electron chi connectivity index (χ1n) is 6.75. The second kappa shape index (κ2) is 7.15. The van der Waals surface area contributed by atoms with Crippen molar-refractivity contribution in [2.75, 3.05) is 13.1 Å². The quantitative estimate of drug-likeness (QED) is 0.811. The van der Waals surface area contributed by atoms with Crippen LogP contribution in [0.5, 0.6) is 0 Å². The van der Waals surface area contributed by atoms with Gasteiger partial charge in [0.1, 0.15) is 5.82 Å². The van der Waals surface area contributed by atoms with E-state index in [9.17, 15) is 12.8 Å². The molecule has 0 heterocycles. The first-order valence-corrected chi connectivity index (χ1v) is 8.30. The van der Waals surface area contributed by atoms with Crippen LogP contribution in [0.25, 0.3) is 0 Å². The summed E-state index contributed by atoms with van der Waals surface area (Å²) in [5.74, 6) is -0.325. The van der Waals surface area contributed by atoms with E-state index in [1.54, 1.807) is 32.9 Å². The second-order valence-corrected chi connectivity index (χ2v) is 7.14. The van der Waals surface area contributed by atoms with Crippen molar-refractivity contribution in [3.63, 3.8) is 0 Å². The van der Waals surface area contributed by atoms with E-state index in [2.05, 4.69) is 10.0 Å². The highest BCUT2D eigenvalue weighted by atomic mass is 32.2. The van der Waals surface area contributed by atoms with Crippen LogP contribution in [0, 0.1) is 12.7 Å². The van der Waals surface area contributed by atoms with Crippen LogP contribution in [0.4, 0.5) is 4.39 Å². The lowest BCUT2D eigenvalue weighted by Gasteiger charge is -2.19. The topological polar surface area (TPSA) is 58.2 Å². The number of hydrogen-bond donors (Lipinski definition) is 2. The Hall–Kier alpha value is -0.980. The number of benzene rings is 1. The normalized spacial score (nSPS) is 15.1. The third-order valence-electron chi connectivity index (χ3n) is 3.25. The van der Waals surface area contributed by atoms with Gasteiger partial charge in [0.15, 0.2) is 0 Å². The number of hydrogen-bond acceptors (Lipinski definition) is 3. The van der Waals surface area contributed by atoms with Crippen LogP contribution in [0.2, 0.25) is 0 Å². The summed E-state index contributed by atoms with van der Waals surface area (Å²) in [6, 6.07) is 4.30. The molecule has 0 aliphatic rings. The maximum Gasteiger partial charge on any atom is 0.216 e. The molecule has 4 nitrogen and oxygen atoms in total. The number of halogens is 1. The van der Waals surface area contributed by atoms with Crippen molar-refractivity contribution in [2.45, 2.75) is 39.0 Å². The van der Waals surface area contributed by atoms with Gasteiger partial charge >= 0.3 is 0 Å². The summed E-state index contributed by atoms with van der Waals surface area (Å²) in [5, 5.41) is 2.46. The van der Waals surface area contributed by atoms with Crippen LogP contribution in [0.1, 0.15) is 37.9 Å². The summed E-state index contributed by atoms with van der Waals surface area (Å²) in [6.45, 7) is 8.06. The highest BCUT2D eigenvalue weighted by Gasteiger charge is 2.23. The van der Waals surface area contributed by atoms with Crippen molar-refractivity contribution in [1.82, 2.24) is 10.0 Å². The minimum atomic E-state index is -3.44. The summed E-state index contributed by atoms with van der Waals surface area (Å²) < 4.78 is 40.4. The van der Waals surface area contributed by atoms with Gasteiger partial charge in [-0.25, -0.2) is 17.5 Å². The van der Waals surface area contributed by atoms with E-state index in [4.69, 9.17) is 0 Å². The lowest BCUT2D eigenvalue weighted by Crippen LogP contribution is -2.40. The fourth-order valence-electron chi connectivity index (χ4n) is 1.77. The predicted octanol–water partition coefficient (Wildman–Crippen LogP) is 2.11.